The van der Waals surface area contributed by atoms with Crippen LogP contribution >= 0.6 is 23.1 Å². The third-order valence-electron chi connectivity index (χ3n) is 3.08. The maximum atomic E-state index is 12.0. The van der Waals surface area contributed by atoms with Crippen molar-refractivity contribution in [2.75, 3.05) is 25.3 Å². The zero-order chi connectivity index (χ0) is 18.2. The van der Waals surface area contributed by atoms with Crippen molar-refractivity contribution in [3.63, 3.8) is 0 Å². The Labute approximate surface area is 155 Å². The van der Waals surface area contributed by atoms with Crippen LogP contribution in [0, 0.1) is 0 Å². The summed E-state index contributed by atoms with van der Waals surface area (Å²) in [6.07, 6.45) is 0. The summed E-state index contributed by atoms with van der Waals surface area (Å²) in [7, 11) is 3.17. The van der Waals surface area contributed by atoms with Gasteiger partial charge in [-0.3, -0.25) is 4.79 Å². The molecular formula is C16H22N4O3S2. The third-order valence-corrected chi connectivity index (χ3v) is 5.07. The molecule has 1 aromatic heterocycles. The van der Waals surface area contributed by atoms with Crippen molar-refractivity contribution in [3.05, 3.63) is 23.8 Å². The van der Waals surface area contributed by atoms with Gasteiger partial charge < -0.3 is 20.1 Å². The molecule has 0 bridgehead atoms. The van der Waals surface area contributed by atoms with Crippen molar-refractivity contribution in [2.45, 2.75) is 30.8 Å². The van der Waals surface area contributed by atoms with Gasteiger partial charge in [0.1, 0.15) is 0 Å². The van der Waals surface area contributed by atoms with Gasteiger partial charge in [-0.15, -0.1) is 10.2 Å². The number of nitrogens with one attached hydrogen (secondary N) is 2. The molecule has 7 nitrogen and oxygen atoms in total. The lowest BCUT2D eigenvalue weighted by molar-refractivity contribution is -0.118. The van der Waals surface area contributed by atoms with E-state index in [1.54, 1.807) is 14.2 Å². The predicted molar refractivity (Wildman–Crippen MR) is 101 cm³/mol. The number of hydrogen-bond acceptors (Lipinski definition) is 8. The van der Waals surface area contributed by atoms with Gasteiger partial charge in [0.2, 0.25) is 11.0 Å². The fourth-order valence-corrected chi connectivity index (χ4v) is 3.67. The van der Waals surface area contributed by atoms with E-state index in [2.05, 4.69) is 20.8 Å². The second-order valence-electron chi connectivity index (χ2n) is 5.43. The Bertz CT molecular complexity index is 706. The summed E-state index contributed by atoms with van der Waals surface area (Å²) < 4.78 is 11.2. The van der Waals surface area contributed by atoms with Crippen molar-refractivity contribution in [1.29, 1.82) is 0 Å². The fourth-order valence-electron chi connectivity index (χ4n) is 1.94. The van der Waals surface area contributed by atoms with Gasteiger partial charge in [-0.2, -0.15) is 0 Å². The first-order valence-electron chi connectivity index (χ1n) is 7.72. The molecule has 9 heteroatoms. The van der Waals surface area contributed by atoms with E-state index in [0.717, 1.165) is 15.0 Å². The number of nitrogens with zero attached hydrogens (tertiary/aromatic N) is 2. The number of benzene rings is 1. The minimum atomic E-state index is -0.0617. The quantitative estimate of drug-likeness (QED) is 0.645. The average molecular weight is 383 g/mol. The average Bonchev–Trinajstić information content (AvgIpc) is 3.04. The molecule has 136 valence electrons. The van der Waals surface area contributed by atoms with E-state index in [4.69, 9.17) is 9.47 Å². The SMILES string of the molecule is COc1ccc(CNC(=O)CSc2nnc(NC(C)C)s2)cc1OC. The summed E-state index contributed by atoms with van der Waals surface area (Å²) in [4.78, 5) is 12.0. The maximum Gasteiger partial charge on any atom is 0.230 e. The highest BCUT2D eigenvalue weighted by Crippen LogP contribution is 2.28. The molecule has 1 heterocycles. The highest BCUT2D eigenvalue weighted by molar-refractivity contribution is 8.01. The zero-order valence-electron chi connectivity index (χ0n) is 14.7. The third kappa shape index (κ3) is 6.09. The molecule has 0 atom stereocenters. The normalized spacial score (nSPS) is 10.6. The molecule has 0 spiro atoms. The van der Waals surface area contributed by atoms with Gasteiger partial charge in [0.25, 0.3) is 0 Å². The Morgan fingerprint density at radius 1 is 1.24 bits per heavy atom. The molecule has 0 radical (unpaired) electrons. The van der Waals surface area contributed by atoms with Crippen LogP contribution in [0.25, 0.3) is 0 Å². The first-order chi connectivity index (χ1) is 12.0. The minimum Gasteiger partial charge on any atom is -0.493 e. The Morgan fingerprint density at radius 2 is 2.00 bits per heavy atom. The molecule has 0 saturated carbocycles. The molecule has 2 aromatic rings. The van der Waals surface area contributed by atoms with Crippen LogP contribution in [0.2, 0.25) is 0 Å². The van der Waals surface area contributed by atoms with Crippen LogP contribution in [0.4, 0.5) is 5.13 Å². The number of thioether (sulfide) groups is 1. The second-order valence-corrected chi connectivity index (χ2v) is 7.63. The van der Waals surface area contributed by atoms with Gasteiger partial charge >= 0.3 is 0 Å². The summed E-state index contributed by atoms with van der Waals surface area (Å²) >= 11 is 2.82. The number of carbonyl (C=O) groups is 1. The van der Waals surface area contributed by atoms with E-state index < -0.39 is 0 Å². The van der Waals surface area contributed by atoms with E-state index in [1.807, 2.05) is 32.0 Å². The Morgan fingerprint density at radius 3 is 2.68 bits per heavy atom. The molecule has 25 heavy (non-hydrogen) atoms. The molecule has 0 aliphatic rings. The van der Waals surface area contributed by atoms with Crippen LogP contribution in [0.3, 0.4) is 0 Å². The Balaban J connectivity index is 1.80. The van der Waals surface area contributed by atoms with Crippen molar-refractivity contribution in [2.24, 2.45) is 0 Å². The smallest absolute Gasteiger partial charge is 0.230 e. The number of hydrogen-bond donors (Lipinski definition) is 2. The summed E-state index contributed by atoms with van der Waals surface area (Å²) in [6.45, 7) is 4.50. The lowest BCUT2D eigenvalue weighted by Crippen LogP contribution is -2.24. The zero-order valence-corrected chi connectivity index (χ0v) is 16.3. The lowest BCUT2D eigenvalue weighted by Gasteiger charge is -2.10. The van der Waals surface area contributed by atoms with Crippen molar-refractivity contribution < 1.29 is 14.3 Å². The van der Waals surface area contributed by atoms with Gasteiger partial charge in [-0.05, 0) is 31.5 Å². The van der Waals surface area contributed by atoms with E-state index >= 15 is 0 Å². The van der Waals surface area contributed by atoms with Gasteiger partial charge in [-0.1, -0.05) is 29.2 Å². The highest BCUT2D eigenvalue weighted by atomic mass is 32.2. The molecule has 0 unspecified atom stereocenters. The number of ether oxygens (including phenoxy) is 2. The first kappa shape index (κ1) is 19.3. The molecule has 1 amide bonds. The van der Waals surface area contributed by atoms with Crippen molar-refractivity contribution >= 4 is 34.1 Å². The van der Waals surface area contributed by atoms with Gasteiger partial charge in [-0.25, -0.2) is 0 Å². The summed E-state index contributed by atoms with van der Waals surface area (Å²) in [6, 6.07) is 5.86. The van der Waals surface area contributed by atoms with Gasteiger partial charge in [0.05, 0.1) is 20.0 Å². The number of amides is 1. The van der Waals surface area contributed by atoms with E-state index in [-0.39, 0.29) is 5.91 Å². The van der Waals surface area contributed by atoms with Crippen LogP contribution in [0.5, 0.6) is 11.5 Å². The Hall–Kier alpha value is -2.00. The molecule has 2 N–H and O–H groups in total. The number of aromatic nitrogens is 2. The summed E-state index contributed by atoms with van der Waals surface area (Å²) in [5, 5.41) is 14.9. The van der Waals surface area contributed by atoms with E-state index in [0.29, 0.717) is 29.8 Å². The fraction of sp³-hybridized carbons (Fsp3) is 0.438. The highest BCUT2D eigenvalue weighted by Gasteiger charge is 2.10. The van der Waals surface area contributed by atoms with Crippen molar-refractivity contribution in [1.82, 2.24) is 15.5 Å². The van der Waals surface area contributed by atoms with E-state index in [9.17, 15) is 4.79 Å². The Kier molecular flexibility index (Phi) is 7.32. The number of anilines is 1. The monoisotopic (exact) mass is 382 g/mol. The molecule has 2 rings (SSSR count). The van der Waals surface area contributed by atoms with Crippen molar-refractivity contribution in [3.8, 4) is 11.5 Å². The molecular weight excluding hydrogens is 360 g/mol. The molecule has 0 saturated heterocycles. The predicted octanol–water partition coefficient (Wildman–Crippen LogP) is 2.78. The van der Waals surface area contributed by atoms with Crippen LogP contribution in [0.1, 0.15) is 19.4 Å². The molecule has 0 aliphatic heterocycles. The van der Waals surface area contributed by atoms with Crippen LogP contribution < -0.4 is 20.1 Å². The first-order valence-corrected chi connectivity index (χ1v) is 9.52. The number of carbonyl (C=O) groups excluding carboxylic acids is 1. The summed E-state index contributed by atoms with van der Waals surface area (Å²) in [5.74, 6) is 1.54. The number of rotatable bonds is 9. The molecule has 0 fully saturated rings. The van der Waals surface area contributed by atoms with E-state index in [1.165, 1.54) is 23.1 Å². The molecule has 1 aromatic carbocycles. The maximum absolute atomic E-state index is 12.0. The molecule has 0 aliphatic carbocycles. The lowest BCUT2D eigenvalue weighted by atomic mass is 10.2. The van der Waals surface area contributed by atoms with Crippen LogP contribution in [-0.4, -0.2) is 42.1 Å². The van der Waals surface area contributed by atoms with Crippen LogP contribution in [0.15, 0.2) is 22.5 Å². The minimum absolute atomic E-state index is 0.0617. The standard InChI is InChI=1S/C16H22N4O3S2/c1-10(2)18-15-19-20-16(25-15)24-9-14(21)17-8-11-5-6-12(22-3)13(7-11)23-4/h5-7,10H,8-9H2,1-4H3,(H,17,21)(H,18,19). The topological polar surface area (TPSA) is 85.4 Å². The van der Waals surface area contributed by atoms with Crippen LogP contribution in [-0.2, 0) is 11.3 Å². The number of methoxy groups -OCH3 is 2. The summed E-state index contributed by atoms with van der Waals surface area (Å²) in [5.41, 5.74) is 0.940. The van der Waals surface area contributed by atoms with Gasteiger partial charge in [0, 0.05) is 12.6 Å². The largest absolute Gasteiger partial charge is 0.493 e. The van der Waals surface area contributed by atoms with Gasteiger partial charge in [0.15, 0.2) is 15.8 Å². The second kappa shape index (κ2) is 9.47.